The molecule has 0 spiro atoms. The summed E-state index contributed by atoms with van der Waals surface area (Å²) in [7, 11) is 0. The fraction of sp³-hybridized carbons (Fsp3) is 0.833. The van der Waals surface area contributed by atoms with Crippen molar-refractivity contribution < 1.29 is 19.4 Å². The van der Waals surface area contributed by atoms with Crippen molar-refractivity contribution >= 4 is 24.3 Å². The smallest absolute Gasteiger partial charge is 0.312 e. The van der Waals surface area contributed by atoms with Crippen LogP contribution < -0.4 is 5.32 Å². The van der Waals surface area contributed by atoms with Crippen LogP contribution in [0.3, 0.4) is 0 Å². The van der Waals surface area contributed by atoms with Gasteiger partial charge in [-0.05, 0) is 26.3 Å². The Morgan fingerprint density at radius 2 is 2.26 bits per heavy atom. The maximum atomic E-state index is 11.9. The van der Waals surface area contributed by atoms with Gasteiger partial charge in [0.2, 0.25) is 0 Å². The van der Waals surface area contributed by atoms with Gasteiger partial charge in [0.05, 0.1) is 12.5 Å². The largest absolute Gasteiger partial charge is 0.466 e. The van der Waals surface area contributed by atoms with Crippen molar-refractivity contribution in [2.75, 3.05) is 26.2 Å². The van der Waals surface area contributed by atoms with Crippen LogP contribution in [0, 0.1) is 5.92 Å². The zero-order valence-corrected chi connectivity index (χ0v) is 11.8. The van der Waals surface area contributed by atoms with E-state index in [-0.39, 0.29) is 36.2 Å². The number of hydrogen-bond donors (Lipinski definition) is 2. The first-order chi connectivity index (χ1) is 8.65. The average molecular weight is 293 g/mol. The van der Waals surface area contributed by atoms with Crippen molar-refractivity contribution in [1.82, 2.24) is 10.2 Å². The first-order valence-electron chi connectivity index (χ1n) is 6.51. The number of nitrogens with zero attached hydrogens (tertiary/aromatic N) is 1. The zero-order valence-electron chi connectivity index (χ0n) is 11.0. The molecule has 2 rings (SSSR count). The van der Waals surface area contributed by atoms with Gasteiger partial charge in [0.25, 0.3) is 5.91 Å². The number of piperidine rings is 1. The number of carbonyl (C=O) groups excluding carboxylic acids is 2. The lowest BCUT2D eigenvalue weighted by Crippen LogP contribution is -2.53. The third-order valence-electron chi connectivity index (χ3n) is 3.65. The summed E-state index contributed by atoms with van der Waals surface area (Å²) in [4.78, 5) is 25.4. The summed E-state index contributed by atoms with van der Waals surface area (Å²) in [5.41, 5.74) is 0. The maximum absolute atomic E-state index is 11.9. The summed E-state index contributed by atoms with van der Waals surface area (Å²) >= 11 is 0. The molecule has 3 unspecified atom stereocenters. The molecule has 0 aromatic heterocycles. The fourth-order valence-electron chi connectivity index (χ4n) is 2.72. The van der Waals surface area contributed by atoms with Gasteiger partial charge in [0.1, 0.15) is 6.10 Å². The first-order valence-corrected chi connectivity index (χ1v) is 6.51. The van der Waals surface area contributed by atoms with Gasteiger partial charge in [-0.25, -0.2) is 0 Å². The topological polar surface area (TPSA) is 78.9 Å². The molecule has 2 N–H and O–H groups in total. The Labute approximate surface area is 118 Å². The zero-order chi connectivity index (χ0) is 13.1. The molecule has 0 radical (unpaired) electrons. The standard InChI is InChI=1S/C12H20N2O4.ClH/c1-2-18-12(17)8-7-13-5-3-9(8)14-6-4-10(15)11(14)16;/h8-10,13,15H,2-7H2,1H3;1H. The van der Waals surface area contributed by atoms with Crippen LogP contribution in [-0.2, 0) is 14.3 Å². The average Bonchev–Trinajstić information content (AvgIpc) is 2.70. The SMILES string of the molecule is CCOC(=O)C1CNCCC1N1CCC(O)C1=O.Cl. The molecule has 2 fully saturated rings. The van der Waals surface area contributed by atoms with E-state index >= 15 is 0 Å². The summed E-state index contributed by atoms with van der Waals surface area (Å²) in [5, 5.41) is 12.7. The molecule has 2 saturated heterocycles. The minimum atomic E-state index is -0.900. The number of halogens is 1. The number of esters is 1. The molecule has 3 atom stereocenters. The second kappa shape index (κ2) is 7.07. The number of ether oxygens (including phenoxy) is 1. The molecule has 2 heterocycles. The molecule has 0 aromatic rings. The molecule has 0 aromatic carbocycles. The van der Waals surface area contributed by atoms with Gasteiger partial charge in [-0.15, -0.1) is 12.4 Å². The van der Waals surface area contributed by atoms with Gasteiger partial charge >= 0.3 is 5.97 Å². The van der Waals surface area contributed by atoms with Crippen molar-refractivity contribution in [1.29, 1.82) is 0 Å². The molecule has 6 nitrogen and oxygen atoms in total. The highest BCUT2D eigenvalue weighted by Gasteiger charge is 2.42. The molecule has 0 saturated carbocycles. The second-order valence-electron chi connectivity index (χ2n) is 4.75. The Balaban J connectivity index is 0.00000180. The molecule has 2 aliphatic rings. The van der Waals surface area contributed by atoms with Crippen molar-refractivity contribution in [3.63, 3.8) is 0 Å². The highest BCUT2D eigenvalue weighted by Crippen LogP contribution is 2.24. The number of likely N-dealkylation sites (tertiary alicyclic amines) is 1. The highest BCUT2D eigenvalue weighted by atomic mass is 35.5. The van der Waals surface area contributed by atoms with Crippen molar-refractivity contribution in [3.8, 4) is 0 Å². The first kappa shape index (κ1) is 16.2. The second-order valence-corrected chi connectivity index (χ2v) is 4.75. The Morgan fingerprint density at radius 3 is 2.84 bits per heavy atom. The van der Waals surface area contributed by atoms with E-state index in [0.717, 1.165) is 13.0 Å². The monoisotopic (exact) mass is 292 g/mol. The number of aliphatic hydroxyl groups excluding tert-OH is 1. The summed E-state index contributed by atoms with van der Waals surface area (Å²) in [6.45, 7) is 3.96. The third kappa shape index (κ3) is 3.38. The predicted molar refractivity (Wildman–Crippen MR) is 71.0 cm³/mol. The van der Waals surface area contributed by atoms with Gasteiger partial charge in [0, 0.05) is 19.1 Å². The molecule has 110 valence electrons. The van der Waals surface area contributed by atoms with E-state index in [2.05, 4.69) is 5.32 Å². The number of nitrogens with one attached hydrogen (secondary N) is 1. The van der Waals surface area contributed by atoms with Crippen LogP contribution in [0.5, 0.6) is 0 Å². The Kier molecular flexibility index (Phi) is 6.03. The number of hydrogen-bond acceptors (Lipinski definition) is 5. The van der Waals surface area contributed by atoms with E-state index in [4.69, 9.17) is 4.74 Å². The van der Waals surface area contributed by atoms with E-state index in [1.54, 1.807) is 11.8 Å². The van der Waals surface area contributed by atoms with Crippen molar-refractivity contribution in [3.05, 3.63) is 0 Å². The number of rotatable bonds is 3. The Hall–Kier alpha value is -0.850. The normalized spacial score (nSPS) is 30.9. The van der Waals surface area contributed by atoms with Crippen LogP contribution in [0.2, 0.25) is 0 Å². The lowest BCUT2D eigenvalue weighted by molar-refractivity contribution is -0.153. The lowest BCUT2D eigenvalue weighted by atomic mass is 9.92. The van der Waals surface area contributed by atoms with Crippen LogP contribution in [0.25, 0.3) is 0 Å². The minimum absolute atomic E-state index is 0. The number of carbonyl (C=O) groups is 2. The van der Waals surface area contributed by atoms with Crippen LogP contribution >= 0.6 is 12.4 Å². The number of amides is 1. The van der Waals surface area contributed by atoms with Gasteiger partial charge in [-0.2, -0.15) is 0 Å². The summed E-state index contributed by atoms with van der Waals surface area (Å²) in [6, 6.07) is -0.144. The fourth-order valence-corrected chi connectivity index (χ4v) is 2.72. The van der Waals surface area contributed by atoms with Crippen molar-refractivity contribution in [2.45, 2.75) is 31.9 Å². The van der Waals surface area contributed by atoms with Gasteiger partial charge < -0.3 is 20.1 Å². The Bertz CT molecular complexity index is 340. The van der Waals surface area contributed by atoms with Crippen LogP contribution in [0.4, 0.5) is 0 Å². The summed E-state index contributed by atoms with van der Waals surface area (Å²) in [5.74, 6) is -0.840. The van der Waals surface area contributed by atoms with E-state index in [1.165, 1.54) is 0 Å². The van der Waals surface area contributed by atoms with Crippen LogP contribution in [-0.4, -0.2) is 60.3 Å². The molecule has 1 amide bonds. The van der Waals surface area contributed by atoms with Crippen LogP contribution in [0.15, 0.2) is 0 Å². The number of aliphatic hydroxyl groups is 1. The van der Waals surface area contributed by atoms with E-state index < -0.39 is 6.10 Å². The molecule has 19 heavy (non-hydrogen) atoms. The third-order valence-corrected chi connectivity index (χ3v) is 3.65. The van der Waals surface area contributed by atoms with E-state index in [1.807, 2.05) is 0 Å². The van der Waals surface area contributed by atoms with Crippen LogP contribution in [0.1, 0.15) is 19.8 Å². The molecule has 0 bridgehead atoms. The van der Waals surface area contributed by atoms with E-state index in [9.17, 15) is 14.7 Å². The molecule has 0 aliphatic carbocycles. The molecular weight excluding hydrogens is 272 g/mol. The summed E-state index contributed by atoms with van der Waals surface area (Å²) in [6.07, 6.45) is 0.281. The van der Waals surface area contributed by atoms with Gasteiger partial charge in [0.15, 0.2) is 0 Å². The quantitative estimate of drug-likeness (QED) is 0.689. The van der Waals surface area contributed by atoms with E-state index in [0.29, 0.717) is 26.1 Å². The summed E-state index contributed by atoms with van der Waals surface area (Å²) < 4.78 is 5.05. The van der Waals surface area contributed by atoms with Gasteiger partial charge in [-0.3, -0.25) is 9.59 Å². The maximum Gasteiger partial charge on any atom is 0.312 e. The van der Waals surface area contributed by atoms with Crippen molar-refractivity contribution in [2.24, 2.45) is 5.92 Å². The predicted octanol–water partition coefficient (Wildman–Crippen LogP) is -0.457. The Morgan fingerprint density at radius 1 is 1.53 bits per heavy atom. The van der Waals surface area contributed by atoms with Gasteiger partial charge in [-0.1, -0.05) is 0 Å². The lowest BCUT2D eigenvalue weighted by Gasteiger charge is -2.36. The molecular formula is C12H21ClN2O4. The highest BCUT2D eigenvalue weighted by molar-refractivity contribution is 5.85. The molecule has 2 aliphatic heterocycles. The molecule has 7 heteroatoms. The minimum Gasteiger partial charge on any atom is -0.466 e.